The molecule has 3 nitrogen and oxygen atoms in total. The van der Waals surface area contributed by atoms with Gasteiger partial charge in [-0.25, -0.2) is 4.98 Å². The minimum Gasteiger partial charge on any atom is -0.337 e. The molecule has 0 aromatic carbocycles. The Morgan fingerprint density at radius 2 is 2.40 bits per heavy atom. The highest BCUT2D eigenvalue weighted by molar-refractivity contribution is 7.98. The average molecular weight is 227 g/mol. The minimum atomic E-state index is 1.03. The van der Waals surface area contributed by atoms with E-state index in [9.17, 15) is 0 Å². The summed E-state index contributed by atoms with van der Waals surface area (Å²) in [6.45, 7) is 5.28. The van der Waals surface area contributed by atoms with Crippen LogP contribution < -0.4 is 5.32 Å². The van der Waals surface area contributed by atoms with Gasteiger partial charge in [-0.1, -0.05) is 6.92 Å². The number of thioether (sulfide) groups is 1. The Hall–Kier alpha value is -0.480. The van der Waals surface area contributed by atoms with Crippen LogP contribution in [0.5, 0.6) is 0 Å². The number of aryl methyl sites for hydroxylation is 1. The lowest BCUT2D eigenvalue weighted by molar-refractivity contribution is 0.680. The quantitative estimate of drug-likeness (QED) is 0.687. The van der Waals surface area contributed by atoms with Crippen molar-refractivity contribution in [2.75, 3.05) is 25.1 Å². The van der Waals surface area contributed by atoms with E-state index in [-0.39, 0.29) is 0 Å². The minimum absolute atomic E-state index is 1.03. The second-order valence-electron chi connectivity index (χ2n) is 3.55. The molecule has 0 unspecified atom stereocenters. The van der Waals surface area contributed by atoms with Crippen molar-refractivity contribution in [3.8, 4) is 0 Å². The van der Waals surface area contributed by atoms with Gasteiger partial charge in [0.15, 0.2) is 0 Å². The molecule has 1 aromatic heterocycles. The zero-order valence-corrected chi connectivity index (χ0v) is 10.5. The number of aromatic nitrogens is 2. The Morgan fingerprint density at radius 1 is 1.53 bits per heavy atom. The Labute approximate surface area is 96.7 Å². The first kappa shape index (κ1) is 12.6. The first-order valence-corrected chi connectivity index (χ1v) is 6.96. The zero-order chi connectivity index (χ0) is 10.9. The van der Waals surface area contributed by atoms with Crippen molar-refractivity contribution in [3.63, 3.8) is 0 Å². The summed E-state index contributed by atoms with van der Waals surface area (Å²) >= 11 is 1.90. The van der Waals surface area contributed by atoms with Gasteiger partial charge < -0.3 is 9.88 Å². The smallest absolute Gasteiger partial charge is 0.0949 e. The van der Waals surface area contributed by atoms with E-state index in [4.69, 9.17) is 0 Å². The van der Waals surface area contributed by atoms with Crippen LogP contribution in [0, 0.1) is 0 Å². The van der Waals surface area contributed by atoms with Crippen molar-refractivity contribution in [3.05, 3.63) is 18.2 Å². The standard InChI is InChI=1S/C11H21N3S/c1-3-12-6-5-11-9-14(10-13-11)7-4-8-15-2/h9-10,12H,3-8H2,1-2H3. The third-order valence-electron chi connectivity index (χ3n) is 2.26. The molecule has 4 heteroatoms. The summed E-state index contributed by atoms with van der Waals surface area (Å²) in [5.74, 6) is 1.23. The van der Waals surface area contributed by atoms with E-state index in [0.29, 0.717) is 0 Å². The van der Waals surface area contributed by atoms with Crippen LogP contribution in [0.2, 0.25) is 0 Å². The maximum atomic E-state index is 4.38. The molecule has 0 spiro atoms. The number of hydrogen-bond donors (Lipinski definition) is 1. The largest absolute Gasteiger partial charge is 0.337 e. The van der Waals surface area contributed by atoms with Crippen molar-refractivity contribution in [2.24, 2.45) is 0 Å². The predicted octanol–water partition coefficient (Wildman–Crippen LogP) is 1.79. The fraction of sp³-hybridized carbons (Fsp3) is 0.727. The number of nitrogens with one attached hydrogen (secondary N) is 1. The van der Waals surface area contributed by atoms with Crippen LogP contribution in [0.25, 0.3) is 0 Å². The normalized spacial score (nSPS) is 10.8. The first-order chi connectivity index (χ1) is 7.36. The molecular formula is C11H21N3S. The van der Waals surface area contributed by atoms with Gasteiger partial charge in [0.1, 0.15) is 0 Å². The van der Waals surface area contributed by atoms with Crippen LogP contribution in [0.3, 0.4) is 0 Å². The molecule has 86 valence electrons. The van der Waals surface area contributed by atoms with E-state index in [1.807, 2.05) is 18.1 Å². The van der Waals surface area contributed by atoms with Crippen LogP contribution in [0.1, 0.15) is 19.0 Å². The zero-order valence-electron chi connectivity index (χ0n) is 9.70. The van der Waals surface area contributed by atoms with Gasteiger partial charge in [-0.2, -0.15) is 11.8 Å². The Morgan fingerprint density at radius 3 is 3.13 bits per heavy atom. The third kappa shape index (κ3) is 5.23. The van der Waals surface area contributed by atoms with Gasteiger partial charge in [0.2, 0.25) is 0 Å². The van der Waals surface area contributed by atoms with E-state index < -0.39 is 0 Å². The fourth-order valence-corrected chi connectivity index (χ4v) is 1.86. The molecule has 0 saturated heterocycles. The maximum Gasteiger partial charge on any atom is 0.0949 e. The molecule has 0 radical (unpaired) electrons. The summed E-state index contributed by atoms with van der Waals surface area (Å²) in [6.07, 6.45) is 8.52. The fourth-order valence-electron chi connectivity index (χ4n) is 1.44. The molecule has 0 aliphatic rings. The molecule has 0 atom stereocenters. The number of nitrogens with zero attached hydrogens (tertiary/aromatic N) is 2. The summed E-state index contributed by atoms with van der Waals surface area (Å²) in [4.78, 5) is 4.38. The van der Waals surface area contributed by atoms with Gasteiger partial charge in [0, 0.05) is 25.7 Å². The summed E-state index contributed by atoms with van der Waals surface area (Å²) in [7, 11) is 0. The van der Waals surface area contributed by atoms with Gasteiger partial charge in [-0.05, 0) is 25.0 Å². The van der Waals surface area contributed by atoms with Gasteiger partial charge in [0.05, 0.1) is 12.0 Å². The Bertz CT molecular complexity index is 236. The van der Waals surface area contributed by atoms with Gasteiger partial charge in [-0.15, -0.1) is 0 Å². The van der Waals surface area contributed by atoms with Crippen LogP contribution in [-0.4, -0.2) is 34.6 Å². The Balaban J connectivity index is 2.23. The second kappa shape index (κ2) is 7.77. The van der Waals surface area contributed by atoms with E-state index in [0.717, 1.165) is 26.1 Å². The lowest BCUT2D eigenvalue weighted by Gasteiger charge is -2.00. The monoisotopic (exact) mass is 227 g/mol. The lowest BCUT2D eigenvalue weighted by Crippen LogP contribution is -2.16. The van der Waals surface area contributed by atoms with Crippen LogP contribution in [-0.2, 0) is 13.0 Å². The topological polar surface area (TPSA) is 29.9 Å². The molecule has 0 saturated carbocycles. The first-order valence-electron chi connectivity index (χ1n) is 5.57. The highest BCUT2D eigenvalue weighted by Gasteiger charge is 1.97. The number of likely N-dealkylation sites (N-methyl/N-ethyl adjacent to an activating group) is 1. The summed E-state index contributed by atoms with van der Waals surface area (Å²) in [6, 6.07) is 0. The molecule has 1 rings (SSSR count). The van der Waals surface area contributed by atoms with Crippen molar-refractivity contribution < 1.29 is 0 Å². The summed E-state index contributed by atoms with van der Waals surface area (Å²) in [5.41, 5.74) is 1.19. The average Bonchev–Trinajstić information content (AvgIpc) is 2.67. The molecule has 0 bridgehead atoms. The molecular weight excluding hydrogens is 206 g/mol. The molecule has 0 fully saturated rings. The van der Waals surface area contributed by atoms with Crippen LogP contribution in [0.15, 0.2) is 12.5 Å². The van der Waals surface area contributed by atoms with Crippen molar-refractivity contribution in [1.29, 1.82) is 0 Å². The number of hydrogen-bond acceptors (Lipinski definition) is 3. The van der Waals surface area contributed by atoms with E-state index in [2.05, 4.69) is 34.2 Å². The highest BCUT2D eigenvalue weighted by atomic mass is 32.2. The van der Waals surface area contributed by atoms with E-state index in [1.54, 1.807) is 0 Å². The third-order valence-corrected chi connectivity index (χ3v) is 2.96. The highest BCUT2D eigenvalue weighted by Crippen LogP contribution is 2.01. The molecule has 0 aliphatic heterocycles. The molecule has 15 heavy (non-hydrogen) atoms. The van der Waals surface area contributed by atoms with Gasteiger partial charge in [0.25, 0.3) is 0 Å². The van der Waals surface area contributed by atoms with Crippen LogP contribution in [0.4, 0.5) is 0 Å². The van der Waals surface area contributed by atoms with Gasteiger partial charge >= 0.3 is 0 Å². The Kier molecular flexibility index (Phi) is 6.52. The molecule has 1 aromatic rings. The van der Waals surface area contributed by atoms with E-state index >= 15 is 0 Å². The molecule has 1 N–H and O–H groups in total. The van der Waals surface area contributed by atoms with Crippen molar-refractivity contribution in [1.82, 2.24) is 14.9 Å². The predicted molar refractivity (Wildman–Crippen MR) is 67.5 cm³/mol. The second-order valence-corrected chi connectivity index (χ2v) is 4.54. The SMILES string of the molecule is CCNCCc1cn(CCCSC)cn1. The van der Waals surface area contributed by atoms with Crippen LogP contribution >= 0.6 is 11.8 Å². The van der Waals surface area contributed by atoms with Crippen molar-refractivity contribution >= 4 is 11.8 Å². The number of imidazole rings is 1. The maximum absolute atomic E-state index is 4.38. The van der Waals surface area contributed by atoms with Crippen molar-refractivity contribution in [2.45, 2.75) is 26.3 Å². The lowest BCUT2D eigenvalue weighted by atomic mass is 10.3. The summed E-state index contributed by atoms with van der Waals surface area (Å²) in [5, 5.41) is 3.31. The van der Waals surface area contributed by atoms with E-state index in [1.165, 1.54) is 17.9 Å². The summed E-state index contributed by atoms with van der Waals surface area (Å²) < 4.78 is 2.19. The van der Waals surface area contributed by atoms with Gasteiger partial charge in [-0.3, -0.25) is 0 Å². The molecule has 0 amide bonds. The molecule has 1 heterocycles. The number of rotatable bonds is 8. The molecule has 0 aliphatic carbocycles.